The summed E-state index contributed by atoms with van der Waals surface area (Å²) in [5.74, 6) is 0. The average Bonchev–Trinajstić information content (AvgIpc) is 2.29. The molecule has 0 fully saturated rings. The third kappa shape index (κ3) is 1.62. The van der Waals surface area contributed by atoms with E-state index in [0.29, 0.717) is 5.05 Å². The summed E-state index contributed by atoms with van der Waals surface area (Å²) in [7, 11) is 0. The molecule has 0 radical (unpaired) electrons. The minimum atomic E-state index is 0.705. The van der Waals surface area contributed by atoms with Gasteiger partial charge < -0.3 is 4.18 Å². The zero-order chi connectivity index (χ0) is 8.39. The lowest BCUT2D eigenvalue weighted by molar-refractivity contribution is 0.644. The monoisotopic (exact) mass is 196 g/mol. The first-order valence-electron chi connectivity index (χ1n) is 3.81. The van der Waals surface area contributed by atoms with Gasteiger partial charge in [-0.3, -0.25) is 0 Å². The molecule has 62 valence electrons. The molecule has 0 saturated heterocycles. The molecule has 12 heavy (non-hydrogen) atoms. The van der Waals surface area contributed by atoms with Gasteiger partial charge >= 0.3 is 0 Å². The van der Waals surface area contributed by atoms with Crippen LogP contribution in [0.5, 0.6) is 0 Å². The fourth-order valence-corrected chi connectivity index (χ4v) is 2.04. The van der Waals surface area contributed by atoms with Crippen molar-refractivity contribution in [2.45, 2.75) is 17.7 Å². The van der Waals surface area contributed by atoms with Gasteiger partial charge in [0.2, 0.25) is 0 Å². The topological polar surface area (TPSA) is 9.23 Å². The Kier molecular flexibility index (Phi) is 2.33. The summed E-state index contributed by atoms with van der Waals surface area (Å²) in [5, 5.41) is 0.705. The van der Waals surface area contributed by atoms with E-state index in [-0.39, 0.29) is 0 Å². The molecule has 0 aromatic heterocycles. The minimum Gasteiger partial charge on any atom is -0.413 e. The van der Waals surface area contributed by atoms with Gasteiger partial charge in [-0.1, -0.05) is 18.2 Å². The van der Waals surface area contributed by atoms with Gasteiger partial charge in [0.15, 0.2) is 5.05 Å². The lowest BCUT2D eigenvalue weighted by Gasteiger charge is -2.00. The summed E-state index contributed by atoms with van der Waals surface area (Å²) in [4.78, 5) is 1.19. The van der Waals surface area contributed by atoms with E-state index in [4.69, 9.17) is 16.4 Å². The van der Waals surface area contributed by atoms with Crippen LogP contribution in [0.4, 0.5) is 0 Å². The molecule has 0 saturated carbocycles. The molecule has 0 unspecified atom stereocenters. The van der Waals surface area contributed by atoms with Crippen molar-refractivity contribution in [2.75, 3.05) is 0 Å². The molecule has 1 heterocycles. The number of hydrogen-bond donors (Lipinski definition) is 0. The highest BCUT2D eigenvalue weighted by Crippen LogP contribution is 2.28. The fraction of sp³-hybridized carbons (Fsp3) is 0.222. The summed E-state index contributed by atoms with van der Waals surface area (Å²) < 4.78 is 5.28. The minimum absolute atomic E-state index is 0.705. The number of fused-ring (bicyclic) bond motifs is 1. The predicted molar refractivity (Wildman–Crippen MR) is 54.3 cm³/mol. The van der Waals surface area contributed by atoms with Crippen LogP contribution in [0.15, 0.2) is 29.2 Å². The van der Waals surface area contributed by atoms with Gasteiger partial charge in [0, 0.05) is 6.42 Å². The quantitative estimate of drug-likeness (QED) is 0.466. The van der Waals surface area contributed by atoms with Gasteiger partial charge in [-0.2, -0.15) is 0 Å². The Hall–Kier alpha value is -0.540. The van der Waals surface area contributed by atoms with E-state index in [1.807, 2.05) is 12.1 Å². The van der Waals surface area contributed by atoms with E-state index in [0.717, 1.165) is 12.8 Å². The van der Waals surface area contributed by atoms with Gasteiger partial charge in [-0.05, 0) is 30.3 Å². The number of benzene rings is 1. The summed E-state index contributed by atoms with van der Waals surface area (Å²) in [5.41, 5.74) is 1.34. The lowest BCUT2D eigenvalue weighted by atomic mass is 10.1. The Morgan fingerprint density at radius 2 is 2.08 bits per heavy atom. The maximum atomic E-state index is 5.28. The molecule has 0 bridgehead atoms. The average molecular weight is 196 g/mol. The second kappa shape index (κ2) is 3.46. The highest BCUT2D eigenvalue weighted by Gasteiger charge is 2.11. The fourth-order valence-electron chi connectivity index (χ4n) is 1.16. The molecule has 0 N–H and O–H groups in total. The number of thiocarbonyl (C=S) groups is 1. The highest BCUT2D eigenvalue weighted by atomic mass is 32.2. The molecule has 1 aliphatic heterocycles. The molecular weight excluding hydrogens is 188 g/mol. The van der Waals surface area contributed by atoms with Gasteiger partial charge in [-0.15, -0.1) is 0 Å². The Labute approximate surface area is 81.3 Å². The second-order valence-corrected chi connectivity index (χ2v) is 3.87. The second-order valence-electron chi connectivity index (χ2n) is 2.65. The standard InChI is InChI=1S/C9H8OS2/c11-9-6-5-7-3-1-2-4-8(7)12-10-9/h1-4H,5-6H2. The number of rotatable bonds is 0. The van der Waals surface area contributed by atoms with Crippen LogP contribution < -0.4 is 0 Å². The van der Waals surface area contributed by atoms with Crippen molar-refractivity contribution in [1.29, 1.82) is 0 Å². The highest BCUT2D eigenvalue weighted by molar-refractivity contribution is 7.96. The SMILES string of the molecule is S=C1CCc2ccccc2SO1. The van der Waals surface area contributed by atoms with Crippen LogP contribution >= 0.6 is 24.3 Å². The van der Waals surface area contributed by atoms with Gasteiger partial charge in [0.05, 0.1) is 16.9 Å². The molecule has 0 amide bonds. The molecule has 3 heteroatoms. The molecule has 2 rings (SSSR count). The van der Waals surface area contributed by atoms with Crippen LogP contribution in [-0.2, 0) is 10.6 Å². The molecule has 0 spiro atoms. The van der Waals surface area contributed by atoms with Crippen LogP contribution in [0.25, 0.3) is 0 Å². The van der Waals surface area contributed by atoms with E-state index in [1.165, 1.54) is 22.5 Å². The maximum Gasteiger partial charge on any atom is 0.178 e. The van der Waals surface area contributed by atoms with Crippen LogP contribution in [-0.4, -0.2) is 5.05 Å². The third-order valence-electron chi connectivity index (χ3n) is 1.80. The Balaban J connectivity index is 2.32. The van der Waals surface area contributed by atoms with E-state index >= 15 is 0 Å². The van der Waals surface area contributed by atoms with Crippen LogP contribution in [0, 0.1) is 0 Å². The maximum absolute atomic E-state index is 5.28. The van der Waals surface area contributed by atoms with E-state index < -0.39 is 0 Å². The summed E-state index contributed by atoms with van der Waals surface area (Å²) in [6, 6.07) is 8.25. The van der Waals surface area contributed by atoms with Crippen molar-refractivity contribution >= 4 is 29.3 Å². The third-order valence-corrected chi connectivity index (χ3v) is 3.05. The van der Waals surface area contributed by atoms with Crippen LogP contribution in [0.2, 0.25) is 0 Å². The van der Waals surface area contributed by atoms with Gasteiger partial charge in [0.1, 0.15) is 0 Å². The zero-order valence-electron chi connectivity index (χ0n) is 6.45. The van der Waals surface area contributed by atoms with Crippen LogP contribution in [0.1, 0.15) is 12.0 Å². The van der Waals surface area contributed by atoms with Crippen molar-refractivity contribution in [3.8, 4) is 0 Å². The molecule has 1 nitrogen and oxygen atoms in total. The van der Waals surface area contributed by atoms with Crippen molar-refractivity contribution in [3.05, 3.63) is 29.8 Å². The van der Waals surface area contributed by atoms with Crippen LogP contribution in [0.3, 0.4) is 0 Å². The van der Waals surface area contributed by atoms with E-state index in [9.17, 15) is 0 Å². The Morgan fingerprint density at radius 3 is 3.00 bits per heavy atom. The van der Waals surface area contributed by atoms with Gasteiger partial charge in [-0.25, -0.2) is 0 Å². The lowest BCUT2D eigenvalue weighted by Crippen LogP contribution is -1.93. The number of hydrogen-bond acceptors (Lipinski definition) is 3. The zero-order valence-corrected chi connectivity index (χ0v) is 8.08. The summed E-state index contributed by atoms with van der Waals surface area (Å²) in [6.45, 7) is 0. The first-order valence-corrected chi connectivity index (χ1v) is 4.96. The molecule has 0 aliphatic carbocycles. The predicted octanol–water partition coefficient (Wildman–Crippen LogP) is 2.98. The molecule has 1 aromatic carbocycles. The Morgan fingerprint density at radius 1 is 1.25 bits per heavy atom. The summed E-state index contributed by atoms with van der Waals surface area (Å²) in [6.07, 6.45) is 1.86. The van der Waals surface area contributed by atoms with Crippen molar-refractivity contribution in [1.82, 2.24) is 0 Å². The van der Waals surface area contributed by atoms with Crippen molar-refractivity contribution in [3.63, 3.8) is 0 Å². The molecule has 1 aromatic rings. The number of aryl methyl sites for hydroxylation is 1. The summed E-state index contributed by atoms with van der Waals surface area (Å²) >= 11 is 6.37. The normalized spacial score (nSPS) is 16.2. The first kappa shape index (κ1) is 8.08. The first-order chi connectivity index (χ1) is 5.86. The Bertz CT molecular complexity index is 280. The largest absolute Gasteiger partial charge is 0.413 e. The molecule has 0 atom stereocenters. The van der Waals surface area contributed by atoms with E-state index in [2.05, 4.69) is 12.1 Å². The van der Waals surface area contributed by atoms with E-state index in [1.54, 1.807) is 0 Å². The smallest absolute Gasteiger partial charge is 0.178 e. The molecule has 1 aliphatic rings. The van der Waals surface area contributed by atoms with Crippen molar-refractivity contribution in [2.24, 2.45) is 0 Å². The molecular formula is C9H8OS2. The van der Waals surface area contributed by atoms with Gasteiger partial charge in [0.25, 0.3) is 0 Å². The van der Waals surface area contributed by atoms with Crippen molar-refractivity contribution < 1.29 is 4.18 Å².